The van der Waals surface area contributed by atoms with Crippen molar-refractivity contribution in [1.82, 2.24) is 10.2 Å². The SMILES string of the molecule is O=C(O)c1cc(C#CC2OC(CO)[C@@H](O)C(O)C2O)c2[nH]ncc2c1. The van der Waals surface area contributed by atoms with Gasteiger partial charge in [-0.3, -0.25) is 5.10 Å². The van der Waals surface area contributed by atoms with Gasteiger partial charge in [0.15, 0.2) is 0 Å². The van der Waals surface area contributed by atoms with Gasteiger partial charge in [-0.1, -0.05) is 11.8 Å². The average molecular weight is 348 g/mol. The molecule has 5 atom stereocenters. The van der Waals surface area contributed by atoms with Gasteiger partial charge in [0.2, 0.25) is 0 Å². The molecule has 1 aromatic carbocycles. The molecule has 1 aliphatic rings. The summed E-state index contributed by atoms with van der Waals surface area (Å²) >= 11 is 0. The number of H-pyrrole nitrogens is 1. The molecule has 25 heavy (non-hydrogen) atoms. The molecule has 0 saturated carbocycles. The number of nitrogens with one attached hydrogen (secondary N) is 1. The van der Waals surface area contributed by atoms with Crippen molar-refractivity contribution >= 4 is 16.9 Å². The van der Waals surface area contributed by atoms with E-state index in [0.717, 1.165) is 0 Å². The Labute approximate surface area is 141 Å². The fourth-order valence-electron chi connectivity index (χ4n) is 2.65. The smallest absolute Gasteiger partial charge is 0.335 e. The lowest BCUT2D eigenvalue weighted by molar-refractivity contribution is -0.214. The summed E-state index contributed by atoms with van der Waals surface area (Å²) in [6, 6.07) is 2.79. The first-order valence-corrected chi connectivity index (χ1v) is 7.45. The molecule has 0 aliphatic carbocycles. The van der Waals surface area contributed by atoms with E-state index in [1.165, 1.54) is 18.3 Å². The Balaban J connectivity index is 1.96. The predicted octanol–water partition coefficient (Wildman–Crippen LogP) is -1.54. The molecule has 2 heterocycles. The van der Waals surface area contributed by atoms with Crippen molar-refractivity contribution in [1.29, 1.82) is 0 Å². The first kappa shape index (κ1) is 17.3. The largest absolute Gasteiger partial charge is 0.478 e. The third-order valence-corrected chi connectivity index (χ3v) is 4.04. The number of fused-ring (bicyclic) bond motifs is 1. The van der Waals surface area contributed by atoms with Crippen LogP contribution < -0.4 is 0 Å². The van der Waals surface area contributed by atoms with E-state index < -0.39 is 43.1 Å². The van der Waals surface area contributed by atoms with Crippen LogP contribution in [0.1, 0.15) is 15.9 Å². The van der Waals surface area contributed by atoms with Crippen LogP contribution >= 0.6 is 0 Å². The number of hydrogen-bond donors (Lipinski definition) is 6. The van der Waals surface area contributed by atoms with Crippen molar-refractivity contribution < 1.29 is 35.1 Å². The zero-order chi connectivity index (χ0) is 18.1. The van der Waals surface area contributed by atoms with Gasteiger partial charge in [0.05, 0.1) is 29.4 Å². The second kappa shape index (κ2) is 6.79. The highest BCUT2D eigenvalue weighted by Crippen LogP contribution is 2.22. The molecule has 2 aromatic rings. The monoisotopic (exact) mass is 348 g/mol. The third kappa shape index (κ3) is 3.21. The fourth-order valence-corrected chi connectivity index (χ4v) is 2.65. The van der Waals surface area contributed by atoms with Crippen LogP contribution in [0.15, 0.2) is 18.3 Å². The van der Waals surface area contributed by atoms with Gasteiger partial charge in [-0.2, -0.15) is 5.10 Å². The van der Waals surface area contributed by atoms with E-state index in [-0.39, 0.29) is 5.56 Å². The lowest BCUT2D eigenvalue weighted by atomic mass is 9.95. The molecule has 1 aromatic heterocycles. The fraction of sp³-hybridized carbons (Fsp3) is 0.375. The molecule has 6 N–H and O–H groups in total. The molecule has 1 fully saturated rings. The summed E-state index contributed by atoms with van der Waals surface area (Å²) in [7, 11) is 0. The molecular weight excluding hydrogens is 332 g/mol. The second-order valence-electron chi connectivity index (χ2n) is 5.68. The maximum atomic E-state index is 11.2. The maximum Gasteiger partial charge on any atom is 0.335 e. The highest BCUT2D eigenvalue weighted by atomic mass is 16.5. The maximum absolute atomic E-state index is 11.2. The zero-order valence-corrected chi connectivity index (χ0v) is 12.8. The molecule has 0 amide bonds. The van der Waals surface area contributed by atoms with Gasteiger partial charge in [-0.25, -0.2) is 4.79 Å². The number of nitrogens with zero attached hydrogens (tertiary/aromatic N) is 1. The molecule has 4 unspecified atom stereocenters. The van der Waals surface area contributed by atoms with E-state index in [2.05, 4.69) is 22.0 Å². The Morgan fingerprint density at radius 2 is 2.00 bits per heavy atom. The minimum absolute atomic E-state index is 0.0204. The van der Waals surface area contributed by atoms with Crippen LogP contribution in [-0.4, -0.2) is 78.8 Å². The zero-order valence-electron chi connectivity index (χ0n) is 12.8. The summed E-state index contributed by atoms with van der Waals surface area (Å²) < 4.78 is 5.30. The van der Waals surface area contributed by atoms with E-state index in [1.54, 1.807) is 0 Å². The molecule has 1 saturated heterocycles. The molecule has 0 radical (unpaired) electrons. The van der Waals surface area contributed by atoms with Crippen LogP contribution in [0.25, 0.3) is 10.9 Å². The summed E-state index contributed by atoms with van der Waals surface area (Å²) in [4.78, 5) is 11.2. The van der Waals surface area contributed by atoms with Crippen molar-refractivity contribution in [2.24, 2.45) is 0 Å². The number of carboxylic acids is 1. The number of carbonyl (C=O) groups is 1. The lowest BCUT2D eigenvalue weighted by Gasteiger charge is -2.37. The van der Waals surface area contributed by atoms with E-state index in [9.17, 15) is 25.2 Å². The topological polar surface area (TPSA) is 156 Å². The van der Waals surface area contributed by atoms with Crippen LogP contribution in [0.3, 0.4) is 0 Å². The summed E-state index contributed by atoms with van der Waals surface area (Å²) in [5.74, 6) is 4.19. The van der Waals surface area contributed by atoms with E-state index >= 15 is 0 Å². The third-order valence-electron chi connectivity index (χ3n) is 4.04. The summed E-state index contributed by atoms with van der Waals surface area (Å²) in [6.07, 6.45) is -5.24. The van der Waals surface area contributed by atoms with Gasteiger partial charge >= 0.3 is 5.97 Å². The van der Waals surface area contributed by atoms with Crippen molar-refractivity contribution in [3.63, 3.8) is 0 Å². The molecule has 132 valence electrons. The molecule has 0 bridgehead atoms. The number of aromatic carboxylic acids is 1. The number of ether oxygens (including phenoxy) is 1. The van der Waals surface area contributed by atoms with Crippen molar-refractivity contribution in [3.8, 4) is 11.8 Å². The average Bonchev–Trinajstić information content (AvgIpc) is 3.07. The molecule has 3 rings (SSSR count). The minimum Gasteiger partial charge on any atom is -0.478 e. The summed E-state index contributed by atoms with van der Waals surface area (Å²) in [5, 5.41) is 55.0. The summed E-state index contributed by atoms with van der Waals surface area (Å²) in [5.41, 5.74) is 0.860. The molecule has 9 nitrogen and oxygen atoms in total. The van der Waals surface area contributed by atoms with Crippen LogP contribution in [0.5, 0.6) is 0 Å². The molecular formula is C16H16N2O7. The van der Waals surface area contributed by atoms with Gasteiger partial charge in [0, 0.05) is 5.39 Å². The Morgan fingerprint density at radius 1 is 1.24 bits per heavy atom. The minimum atomic E-state index is -1.53. The first-order chi connectivity index (χ1) is 11.9. The number of aliphatic hydroxyl groups is 4. The van der Waals surface area contributed by atoms with E-state index in [4.69, 9.17) is 9.84 Å². The Bertz CT molecular complexity index is 851. The van der Waals surface area contributed by atoms with Crippen molar-refractivity contribution in [2.45, 2.75) is 30.5 Å². The Hall–Kier alpha value is -2.48. The van der Waals surface area contributed by atoms with E-state index in [0.29, 0.717) is 16.5 Å². The Morgan fingerprint density at radius 3 is 2.68 bits per heavy atom. The molecule has 9 heteroatoms. The number of carboxylic acid groups (broad SMARTS) is 1. The van der Waals surface area contributed by atoms with Gasteiger partial charge < -0.3 is 30.3 Å². The van der Waals surface area contributed by atoms with Crippen LogP contribution in [0.4, 0.5) is 0 Å². The van der Waals surface area contributed by atoms with Crippen LogP contribution in [0, 0.1) is 11.8 Å². The van der Waals surface area contributed by atoms with Gasteiger partial charge in [-0.15, -0.1) is 0 Å². The van der Waals surface area contributed by atoms with Crippen molar-refractivity contribution in [2.75, 3.05) is 6.61 Å². The van der Waals surface area contributed by atoms with Gasteiger partial charge in [0.1, 0.15) is 30.5 Å². The molecule has 1 aliphatic heterocycles. The number of hydrogen-bond acceptors (Lipinski definition) is 7. The number of aliphatic hydroxyl groups excluding tert-OH is 4. The standard InChI is InChI=1S/C16H16N2O7/c19-6-11-14(21)15(22)13(20)10(25-11)2-1-7-3-8(16(23)24)4-9-5-17-18-12(7)9/h3-5,10-11,13-15,19-22H,6H2,(H,17,18)(H,23,24)/t10?,11?,13?,14-,15?/m1/s1. The molecule has 0 spiro atoms. The second-order valence-corrected chi connectivity index (χ2v) is 5.68. The number of benzene rings is 1. The van der Waals surface area contributed by atoms with Crippen LogP contribution in [-0.2, 0) is 4.74 Å². The quantitative estimate of drug-likeness (QED) is 0.356. The van der Waals surface area contributed by atoms with Gasteiger partial charge in [-0.05, 0) is 12.1 Å². The lowest BCUT2D eigenvalue weighted by Crippen LogP contribution is -2.58. The normalized spacial score (nSPS) is 29.2. The highest BCUT2D eigenvalue weighted by Gasteiger charge is 2.42. The number of aromatic amines is 1. The number of rotatable bonds is 2. The predicted molar refractivity (Wildman–Crippen MR) is 83.7 cm³/mol. The highest BCUT2D eigenvalue weighted by molar-refractivity contribution is 5.95. The van der Waals surface area contributed by atoms with Crippen molar-refractivity contribution in [3.05, 3.63) is 29.5 Å². The van der Waals surface area contributed by atoms with Gasteiger partial charge in [0.25, 0.3) is 0 Å². The van der Waals surface area contributed by atoms with Crippen LogP contribution in [0.2, 0.25) is 0 Å². The Kier molecular flexibility index (Phi) is 4.71. The first-order valence-electron chi connectivity index (χ1n) is 7.45. The number of aromatic nitrogens is 2. The summed E-state index contributed by atoms with van der Waals surface area (Å²) in [6.45, 7) is -0.553. The van der Waals surface area contributed by atoms with E-state index in [1.807, 2.05) is 0 Å².